The molecule has 0 aromatic heterocycles. The van der Waals surface area contributed by atoms with Gasteiger partial charge < -0.3 is 4.74 Å². The van der Waals surface area contributed by atoms with Gasteiger partial charge in [0.25, 0.3) is 0 Å². The van der Waals surface area contributed by atoms with Gasteiger partial charge in [-0.1, -0.05) is 60.7 Å². The van der Waals surface area contributed by atoms with Crippen LogP contribution in [0.25, 0.3) is 0 Å². The lowest BCUT2D eigenvalue weighted by atomic mass is 10.1. The molecule has 3 heteroatoms. The Morgan fingerprint density at radius 3 is 2.11 bits per heavy atom. The minimum Gasteiger partial charge on any atom is -0.459 e. The number of rotatable bonds is 4. The van der Waals surface area contributed by atoms with E-state index >= 15 is 0 Å². The Kier molecular flexibility index (Phi) is 4.10. The normalized spacial score (nSPS) is 11.8. The van der Waals surface area contributed by atoms with Gasteiger partial charge in [0.1, 0.15) is 6.61 Å². The number of benzene rings is 2. The summed E-state index contributed by atoms with van der Waals surface area (Å²) in [7, 11) is 0. The van der Waals surface area contributed by atoms with E-state index < -0.39 is 12.1 Å². The van der Waals surface area contributed by atoms with Crippen LogP contribution in [0.3, 0.4) is 0 Å². The van der Waals surface area contributed by atoms with E-state index in [1.165, 1.54) is 0 Å². The van der Waals surface area contributed by atoms with Crippen LogP contribution in [0.15, 0.2) is 60.7 Å². The molecule has 91 valence electrons. The second-order valence-corrected chi connectivity index (χ2v) is 3.88. The van der Waals surface area contributed by atoms with Gasteiger partial charge in [-0.05, 0) is 11.1 Å². The highest BCUT2D eigenvalue weighted by Crippen LogP contribution is 2.15. The summed E-state index contributed by atoms with van der Waals surface area (Å²) in [5.74, 6) is -0.745. The molecule has 0 aliphatic heterocycles. The van der Waals surface area contributed by atoms with E-state index in [9.17, 15) is 9.90 Å². The molecule has 0 heterocycles. The average molecular weight is 241 g/mol. The monoisotopic (exact) mass is 241 g/mol. The SMILES string of the molecule is [O]C(C(=O)OCc1ccccc1)c1ccccc1. The fourth-order valence-electron chi connectivity index (χ4n) is 1.57. The summed E-state index contributed by atoms with van der Waals surface area (Å²) in [4.78, 5) is 11.6. The lowest BCUT2D eigenvalue weighted by Crippen LogP contribution is -2.14. The number of ether oxygens (including phenoxy) is 1. The maximum absolute atomic E-state index is 11.8. The summed E-state index contributed by atoms with van der Waals surface area (Å²) in [5, 5.41) is 11.8. The van der Waals surface area contributed by atoms with E-state index in [-0.39, 0.29) is 6.61 Å². The molecule has 2 aromatic rings. The largest absolute Gasteiger partial charge is 0.459 e. The molecule has 0 aliphatic carbocycles. The first-order valence-electron chi connectivity index (χ1n) is 5.68. The molecule has 2 rings (SSSR count). The van der Waals surface area contributed by atoms with Gasteiger partial charge in [0.2, 0.25) is 6.10 Å². The molecule has 0 bridgehead atoms. The second kappa shape index (κ2) is 5.98. The Morgan fingerprint density at radius 1 is 0.944 bits per heavy atom. The van der Waals surface area contributed by atoms with Crippen LogP contribution in [0.2, 0.25) is 0 Å². The van der Waals surface area contributed by atoms with Crippen molar-refractivity contribution >= 4 is 5.97 Å². The van der Waals surface area contributed by atoms with E-state index in [1.807, 2.05) is 30.3 Å². The highest BCUT2D eigenvalue weighted by molar-refractivity contribution is 5.76. The zero-order valence-electron chi connectivity index (χ0n) is 9.78. The van der Waals surface area contributed by atoms with E-state index in [0.29, 0.717) is 5.56 Å². The third kappa shape index (κ3) is 3.18. The van der Waals surface area contributed by atoms with Gasteiger partial charge in [0.15, 0.2) is 0 Å². The molecular formula is C15H13O3. The van der Waals surface area contributed by atoms with Crippen molar-refractivity contribution in [2.75, 3.05) is 0 Å². The number of hydrogen-bond donors (Lipinski definition) is 0. The van der Waals surface area contributed by atoms with Crippen molar-refractivity contribution < 1.29 is 14.6 Å². The van der Waals surface area contributed by atoms with E-state index in [4.69, 9.17) is 4.74 Å². The Morgan fingerprint density at radius 2 is 1.50 bits per heavy atom. The Bertz CT molecular complexity index is 494. The molecule has 1 atom stereocenters. The van der Waals surface area contributed by atoms with Crippen LogP contribution in [0.5, 0.6) is 0 Å². The van der Waals surface area contributed by atoms with Crippen LogP contribution in [0.4, 0.5) is 0 Å². The van der Waals surface area contributed by atoms with Crippen molar-refractivity contribution in [1.82, 2.24) is 0 Å². The number of carbonyl (C=O) groups excluding carboxylic acids is 1. The third-order valence-electron chi connectivity index (χ3n) is 2.54. The van der Waals surface area contributed by atoms with Gasteiger partial charge in [-0.2, -0.15) is 0 Å². The van der Waals surface area contributed by atoms with Crippen molar-refractivity contribution in [1.29, 1.82) is 0 Å². The molecule has 0 aliphatic rings. The van der Waals surface area contributed by atoms with Crippen LogP contribution in [-0.4, -0.2) is 5.97 Å². The maximum atomic E-state index is 11.8. The van der Waals surface area contributed by atoms with Crippen LogP contribution in [0.1, 0.15) is 17.2 Å². The molecule has 0 amide bonds. The molecule has 1 unspecified atom stereocenters. The standard InChI is InChI=1S/C15H13O3/c16-14(13-9-5-2-6-10-13)15(17)18-11-12-7-3-1-4-8-12/h1-10,14H,11H2. The summed E-state index contributed by atoms with van der Waals surface area (Å²) in [5.41, 5.74) is 1.29. The van der Waals surface area contributed by atoms with Gasteiger partial charge in [-0.25, -0.2) is 9.90 Å². The van der Waals surface area contributed by atoms with Gasteiger partial charge in [0.05, 0.1) is 0 Å². The summed E-state index contributed by atoms with van der Waals surface area (Å²) in [6.45, 7) is 0.130. The van der Waals surface area contributed by atoms with Gasteiger partial charge in [-0.15, -0.1) is 0 Å². The smallest absolute Gasteiger partial charge is 0.343 e. The number of carbonyl (C=O) groups is 1. The molecule has 2 aromatic carbocycles. The number of esters is 1. The average Bonchev–Trinajstić information content (AvgIpc) is 2.46. The van der Waals surface area contributed by atoms with Crippen molar-refractivity contribution in [3.63, 3.8) is 0 Å². The summed E-state index contributed by atoms with van der Waals surface area (Å²) < 4.78 is 4.99. The topological polar surface area (TPSA) is 46.2 Å². The Hall–Kier alpha value is -2.13. The molecular weight excluding hydrogens is 228 g/mol. The summed E-state index contributed by atoms with van der Waals surface area (Å²) in [6.07, 6.45) is -1.48. The predicted molar refractivity (Wildman–Crippen MR) is 66.1 cm³/mol. The summed E-state index contributed by atoms with van der Waals surface area (Å²) in [6, 6.07) is 17.8. The molecule has 0 saturated carbocycles. The van der Waals surface area contributed by atoms with E-state index in [2.05, 4.69) is 0 Å². The fourth-order valence-corrected chi connectivity index (χ4v) is 1.57. The molecule has 0 N–H and O–H groups in total. The van der Waals surface area contributed by atoms with E-state index in [1.54, 1.807) is 30.3 Å². The van der Waals surface area contributed by atoms with E-state index in [0.717, 1.165) is 5.56 Å². The fraction of sp³-hybridized carbons (Fsp3) is 0.133. The van der Waals surface area contributed by atoms with Gasteiger partial charge in [-0.3, -0.25) is 0 Å². The molecule has 0 saturated heterocycles. The lowest BCUT2D eigenvalue weighted by Gasteiger charge is -2.09. The minimum absolute atomic E-state index is 0.130. The maximum Gasteiger partial charge on any atom is 0.343 e. The first-order chi connectivity index (χ1) is 8.77. The van der Waals surface area contributed by atoms with Crippen molar-refractivity contribution in [2.45, 2.75) is 12.7 Å². The number of hydrogen-bond acceptors (Lipinski definition) is 2. The molecule has 3 nitrogen and oxygen atoms in total. The Balaban J connectivity index is 1.93. The van der Waals surface area contributed by atoms with Crippen molar-refractivity contribution in [2.24, 2.45) is 0 Å². The third-order valence-corrected chi connectivity index (χ3v) is 2.54. The lowest BCUT2D eigenvalue weighted by molar-refractivity contribution is -0.159. The zero-order chi connectivity index (χ0) is 12.8. The van der Waals surface area contributed by atoms with Gasteiger partial charge >= 0.3 is 5.97 Å². The summed E-state index contributed by atoms with van der Waals surface area (Å²) >= 11 is 0. The highest BCUT2D eigenvalue weighted by atomic mass is 16.5. The first-order valence-corrected chi connectivity index (χ1v) is 5.68. The predicted octanol–water partition coefficient (Wildman–Crippen LogP) is 2.90. The van der Waals surface area contributed by atoms with Crippen molar-refractivity contribution in [3.8, 4) is 0 Å². The van der Waals surface area contributed by atoms with Gasteiger partial charge in [0, 0.05) is 0 Å². The molecule has 18 heavy (non-hydrogen) atoms. The van der Waals surface area contributed by atoms with Crippen LogP contribution >= 0.6 is 0 Å². The highest BCUT2D eigenvalue weighted by Gasteiger charge is 2.20. The van der Waals surface area contributed by atoms with Crippen LogP contribution < -0.4 is 0 Å². The first kappa shape index (κ1) is 12.3. The quantitative estimate of drug-likeness (QED) is 0.772. The Labute approximate surface area is 106 Å². The molecule has 0 fully saturated rings. The minimum atomic E-state index is -1.48. The second-order valence-electron chi connectivity index (χ2n) is 3.88. The molecule has 1 radical (unpaired) electrons. The van der Waals surface area contributed by atoms with Crippen LogP contribution in [0, 0.1) is 0 Å². The van der Waals surface area contributed by atoms with Crippen molar-refractivity contribution in [3.05, 3.63) is 71.8 Å². The zero-order valence-corrected chi connectivity index (χ0v) is 9.78. The van der Waals surface area contributed by atoms with Crippen LogP contribution in [-0.2, 0) is 21.2 Å². The molecule has 0 spiro atoms.